The summed E-state index contributed by atoms with van der Waals surface area (Å²) in [6, 6.07) is 22.4. The Morgan fingerprint density at radius 2 is 1.38 bits per heavy atom. The zero-order valence-corrected chi connectivity index (χ0v) is 13.4. The Labute approximate surface area is 144 Å². The highest BCUT2D eigenvalue weighted by Crippen LogP contribution is 2.33. The highest BCUT2D eigenvalue weighted by Gasteiger charge is 2.09. The first-order chi connectivity index (χ1) is 11.6. The Bertz CT molecular complexity index is 789. The number of phenolic OH excluding ortho intramolecular Hbond substituents is 2. The summed E-state index contributed by atoms with van der Waals surface area (Å²) in [5.74, 6) is -0.619. The van der Waals surface area contributed by atoms with E-state index in [2.05, 4.69) is 5.10 Å². The first kappa shape index (κ1) is 15.9. The van der Waals surface area contributed by atoms with Crippen LogP contribution in [0.25, 0.3) is 0 Å². The number of benzene rings is 3. The van der Waals surface area contributed by atoms with E-state index < -0.39 is 0 Å². The van der Waals surface area contributed by atoms with Gasteiger partial charge in [0.15, 0.2) is 11.5 Å². The molecule has 0 aromatic heterocycles. The molecule has 0 unspecified atom stereocenters. The van der Waals surface area contributed by atoms with Crippen LogP contribution in [0.1, 0.15) is 5.56 Å². The van der Waals surface area contributed by atoms with Crippen LogP contribution in [0.2, 0.25) is 5.02 Å². The Hall–Kier alpha value is -2.98. The Kier molecular flexibility index (Phi) is 4.68. The summed E-state index contributed by atoms with van der Waals surface area (Å²) in [5.41, 5.74) is 2.37. The molecule has 4 nitrogen and oxygen atoms in total. The smallest absolute Gasteiger partial charge is 0.176 e. The maximum absolute atomic E-state index is 9.67. The molecular weight excluding hydrogens is 324 g/mol. The minimum absolute atomic E-state index is 0.0717. The van der Waals surface area contributed by atoms with E-state index in [-0.39, 0.29) is 16.5 Å². The predicted molar refractivity (Wildman–Crippen MR) is 97.4 cm³/mol. The van der Waals surface area contributed by atoms with Crippen LogP contribution >= 0.6 is 11.6 Å². The Balaban J connectivity index is 1.98. The van der Waals surface area contributed by atoms with Crippen molar-refractivity contribution in [3.8, 4) is 11.5 Å². The van der Waals surface area contributed by atoms with Crippen LogP contribution < -0.4 is 5.01 Å². The predicted octanol–water partition coefficient (Wildman–Crippen LogP) is 4.92. The number of hydrogen-bond acceptors (Lipinski definition) is 4. The third-order valence-corrected chi connectivity index (χ3v) is 3.68. The lowest BCUT2D eigenvalue weighted by atomic mass is 10.2. The molecule has 0 amide bonds. The second-order valence-corrected chi connectivity index (χ2v) is 5.51. The van der Waals surface area contributed by atoms with Crippen molar-refractivity contribution < 1.29 is 10.2 Å². The molecule has 0 saturated heterocycles. The zero-order chi connectivity index (χ0) is 16.9. The van der Waals surface area contributed by atoms with Gasteiger partial charge in [0.05, 0.1) is 22.6 Å². The SMILES string of the molecule is Oc1cc(/C=N/N(c2ccccc2)c2ccccc2)cc(Cl)c1O. The summed E-state index contributed by atoms with van der Waals surface area (Å²) in [6.07, 6.45) is 1.57. The standard InChI is InChI=1S/C19H15ClN2O2/c20-17-11-14(12-18(23)19(17)24)13-21-22(15-7-3-1-4-8-15)16-9-5-2-6-10-16/h1-13,23-24H/b21-13+. The molecule has 2 N–H and O–H groups in total. The van der Waals surface area contributed by atoms with Gasteiger partial charge in [-0.2, -0.15) is 5.10 Å². The van der Waals surface area contributed by atoms with E-state index >= 15 is 0 Å². The van der Waals surface area contributed by atoms with Gasteiger partial charge in [-0.05, 0) is 42.0 Å². The van der Waals surface area contributed by atoms with Crippen molar-refractivity contribution in [1.29, 1.82) is 0 Å². The Morgan fingerprint density at radius 3 is 1.88 bits per heavy atom. The van der Waals surface area contributed by atoms with Crippen LogP contribution in [0.5, 0.6) is 11.5 Å². The molecular formula is C19H15ClN2O2. The van der Waals surface area contributed by atoms with Crippen molar-refractivity contribution in [2.45, 2.75) is 0 Å². The highest BCUT2D eigenvalue weighted by atomic mass is 35.5. The average Bonchev–Trinajstić information content (AvgIpc) is 2.61. The number of nitrogens with zero attached hydrogens (tertiary/aromatic N) is 2. The monoisotopic (exact) mass is 338 g/mol. The van der Waals surface area contributed by atoms with E-state index in [1.165, 1.54) is 12.1 Å². The van der Waals surface area contributed by atoms with Crippen LogP contribution in [0.4, 0.5) is 11.4 Å². The number of para-hydroxylation sites is 2. The van der Waals surface area contributed by atoms with Crippen molar-refractivity contribution in [2.75, 3.05) is 5.01 Å². The lowest BCUT2D eigenvalue weighted by Gasteiger charge is -2.19. The molecule has 0 saturated carbocycles. The minimum atomic E-state index is -0.336. The van der Waals surface area contributed by atoms with Gasteiger partial charge in [0.25, 0.3) is 0 Å². The third-order valence-electron chi connectivity index (χ3n) is 3.39. The maximum atomic E-state index is 9.67. The summed E-state index contributed by atoms with van der Waals surface area (Å²) in [4.78, 5) is 0. The molecule has 120 valence electrons. The van der Waals surface area contributed by atoms with Crippen LogP contribution in [0, 0.1) is 0 Å². The zero-order valence-electron chi connectivity index (χ0n) is 12.7. The van der Waals surface area contributed by atoms with Gasteiger partial charge in [0.1, 0.15) is 0 Å². The molecule has 0 aliphatic rings. The maximum Gasteiger partial charge on any atom is 0.176 e. The normalized spacial score (nSPS) is 10.9. The lowest BCUT2D eigenvalue weighted by molar-refractivity contribution is 0.404. The largest absolute Gasteiger partial charge is 0.504 e. The van der Waals surface area contributed by atoms with Gasteiger partial charge < -0.3 is 10.2 Å². The number of anilines is 2. The molecule has 5 heteroatoms. The van der Waals surface area contributed by atoms with Gasteiger partial charge >= 0.3 is 0 Å². The molecule has 3 rings (SSSR count). The van der Waals surface area contributed by atoms with E-state index in [0.717, 1.165) is 11.4 Å². The number of aromatic hydroxyl groups is 2. The molecule has 0 aliphatic heterocycles. The summed E-state index contributed by atoms with van der Waals surface area (Å²) in [7, 11) is 0. The molecule has 0 atom stereocenters. The molecule has 3 aromatic rings. The van der Waals surface area contributed by atoms with Gasteiger partial charge in [-0.3, -0.25) is 0 Å². The van der Waals surface area contributed by atoms with Gasteiger partial charge in [-0.15, -0.1) is 0 Å². The molecule has 0 radical (unpaired) electrons. The average molecular weight is 339 g/mol. The molecule has 0 heterocycles. The van der Waals surface area contributed by atoms with Crippen LogP contribution in [0.15, 0.2) is 77.9 Å². The van der Waals surface area contributed by atoms with Gasteiger partial charge in [-0.25, -0.2) is 5.01 Å². The van der Waals surface area contributed by atoms with Crippen LogP contribution in [0.3, 0.4) is 0 Å². The fourth-order valence-electron chi connectivity index (χ4n) is 2.22. The quantitative estimate of drug-likeness (QED) is 0.403. The summed E-state index contributed by atoms with van der Waals surface area (Å²) >= 11 is 5.88. The van der Waals surface area contributed by atoms with Gasteiger partial charge in [-0.1, -0.05) is 48.0 Å². The lowest BCUT2D eigenvalue weighted by Crippen LogP contribution is -2.09. The van der Waals surface area contributed by atoms with Crippen molar-refractivity contribution in [3.63, 3.8) is 0 Å². The molecule has 0 spiro atoms. The molecule has 0 aliphatic carbocycles. The number of phenols is 2. The molecule has 24 heavy (non-hydrogen) atoms. The van der Waals surface area contributed by atoms with E-state index in [1.54, 1.807) is 11.2 Å². The summed E-state index contributed by atoms with van der Waals surface area (Å²) in [6.45, 7) is 0. The number of rotatable bonds is 4. The number of hydrogen-bond donors (Lipinski definition) is 2. The van der Waals surface area contributed by atoms with Crippen molar-refractivity contribution in [1.82, 2.24) is 0 Å². The van der Waals surface area contributed by atoms with Crippen molar-refractivity contribution in [3.05, 3.63) is 83.4 Å². The van der Waals surface area contributed by atoms with Crippen molar-refractivity contribution >= 4 is 29.2 Å². The summed E-state index contributed by atoms with van der Waals surface area (Å²) < 4.78 is 0. The fraction of sp³-hybridized carbons (Fsp3) is 0. The summed E-state index contributed by atoms with van der Waals surface area (Å²) in [5, 5.41) is 25.5. The second kappa shape index (κ2) is 7.06. The van der Waals surface area contributed by atoms with E-state index in [4.69, 9.17) is 11.6 Å². The van der Waals surface area contributed by atoms with Gasteiger partial charge in [0.2, 0.25) is 0 Å². The van der Waals surface area contributed by atoms with E-state index in [1.807, 2.05) is 60.7 Å². The topological polar surface area (TPSA) is 56.1 Å². The molecule has 0 bridgehead atoms. The fourth-order valence-corrected chi connectivity index (χ4v) is 2.45. The molecule has 0 fully saturated rings. The molecule has 3 aromatic carbocycles. The van der Waals surface area contributed by atoms with Crippen LogP contribution in [-0.2, 0) is 0 Å². The third kappa shape index (κ3) is 3.50. The van der Waals surface area contributed by atoms with Crippen molar-refractivity contribution in [2.24, 2.45) is 5.10 Å². The number of halogens is 1. The van der Waals surface area contributed by atoms with Gasteiger partial charge in [0, 0.05) is 0 Å². The Morgan fingerprint density at radius 1 is 0.833 bits per heavy atom. The van der Waals surface area contributed by atoms with E-state index in [0.29, 0.717) is 5.56 Å². The highest BCUT2D eigenvalue weighted by molar-refractivity contribution is 6.32. The first-order valence-electron chi connectivity index (χ1n) is 7.31. The van der Waals surface area contributed by atoms with E-state index in [9.17, 15) is 10.2 Å². The van der Waals surface area contributed by atoms with Crippen LogP contribution in [-0.4, -0.2) is 16.4 Å². The number of hydrazone groups is 1. The first-order valence-corrected chi connectivity index (χ1v) is 7.68. The minimum Gasteiger partial charge on any atom is -0.504 e. The second-order valence-electron chi connectivity index (χ2n) is 5.10.